The number of carbonyl (C=O) groups is 3. The van der Waals surface area contributed by atoms with Crippen LogP contribution in [0.15, 0.2) is 18.2 Å². The molecule has 4 amide bonds. The second kappa shape index (κ2) is 8.96. The Bertz CT molecular complexity index is 761. The second-order valence-electron chi connectivity index (χ2n) is 6.76. The van der Waals surface area contributed by atoms with Crippen LogP contribution < -0.4 is 16.0 Å². The van der Waals surface area contributed by atoms with Crippen molar-refractivity contribution in [1.29, 1.82) is 0 Å². The molecule has 1 atom stereocenters. The lowest BCUT2D eigenvalue weighted by atomic mass is 10.1. The van der Waals surface area contributed by atoms with Crippen molar-refractivity contribution in [2.45, 2.75) is 19.0 Å². The topological polar surface area (TPSA) is 93.8 Å². The molecule has 1 aromatic carbocycles. The Morgan fingerprint density at radius 1 is 1.18 bits per heavy atom. The van der Waals surface area contributed by atoms with Crippen LogP contribution in [0.1, 0.15) is 12.0 Å². The van der Waals surface area contributed by atoms with E-state index in [0.717, 1.165) is 6.07 Å². The van der Waals surface area contributed by atoms with Gasteiger partial charge in [-0.05, 0) is 6.07 Å². The molecule has 0 spiro atoms. The molecule has 0 radical (unpaired) electrons. The molecule has 2 heterocycles. The third-order valence-corrected chi connectivity index (χ3v) is 4.87. The minimum Gasteiger partial charge on any atom is -0.354 e. The van der Waals surface area contributed by atoms with E-state index in [1.165, 1.54) is 12.1 Å². The fraction of sp³-hybridized carbons (Fsp3) is 0.500. The molecule has 3 rings (SSSR count). The van der Waals surface area contributed by atoms with Crippen LogP contribution in [0.25, 0.3) is 0 Å². The fourth-order valence-electron chi connectivity index (χ4n) is 3.37. The van der Waals surface area contributed by atoms with Crippen LogP contribution in [0, 0.1) is 11.6 Å². The summed E-state index contributed by atoms with van der Waals surface area (Å²) in [4.78, 5) is 39.2. The van der Waals surface area contributed by atoms with Gasteiger partial charge < -0.3 is 20.9 Å². The standard InChI is InChI=1S/C18H23F2N5O3/c19-13-3-1-2-12(16(13)20)11-25-9-5-22-17(27)14(25)10-15(26)21-4-7-24-8-6-23-18(24)28/h1-3,14H,4-11H2,(H,21,26)(H,22,27)(H,23,28). The van der Waals surface area contributed by atoms with E-state index >= 15 is 0 Å². The second-order valence-corrected chi connectivity index (χ2v) is 6.76. The van der Waals surface area contributed by atoms with Crippen molar-refractivity contribution in [3.8, 4) is 0 Å². The highest BCUT2D eigenvalue weighted by molar-refractivity contribution is 5.88. The summed E-state index contributed by atoms with van der Waals surface area (Å²) in [5, 5.41) is 8.07. The monoisotopic (exact) mass is 395 g/mol. The Hall–Kier alpha value is -2.75. The molecule has 0 bridgehead atoms. The number of urea groups is 1. The molecule has 2 fully saturated rings. The van der Waals surface area contributed by atoms with Gasteiger partial charge in [-0.1, -0.05) is 12.1 Å². The first-order valence-electron chi connectivity index (χ1n) is 9.20. The number of hydrogen-bond donors (Lipinski definition) is 3. The molecule has 152 valence electrons. The van der Waals surface area contributed by atoms with E-state index in [9.17, 15) is 23.2 Å². The third-order valence-electron chi connectivity index (χ3n) is 4.87. The molecular formula is C18H23F2N5O3. The molecule has 0 aromatic heterocycles. The van der Waals surface area contributed by atoms with Gasteiger partial charge in [-0.2, -0.15) is 0 Å². The van der Waals surface area contributed by atoms with Crippen molar-refractivity contribution in [2.75, 3.05) is 39.3 Å². The minimum atomic E-state index is -0.945. The van der Waals surface area contributed by atoms with Crippen LogP contribution >= 0.6 is 0 Å². The summed E-state index contributed by atoms with van der Waals surface area (Å²) < 4.78 is 27.4. The number of amides is 4. The number of piperazine rings is 1. The summed E-state index contributed by atoms with van der Waals surface area (Å²) in [6.45, 7) is 2.66. The van der Waals surface area contributed by atoms with Crippen molar-refractivity contribution in [2.24, 2.45) is 0 Å². The molecule has 8 nitrogen and oxygen atoms in total. The lowest BCUT2D eigenvalue weighted by Gasteiger charge is -2.34. The third kappa shape index (κ3) is 4.75. The highest BCUT2D eigenvalue weighted by Gasteiger charge is 2.32. The van der Waals surface area contributed by atoms with Crippen LogP contribution in [0.3, 0.4) is 0 Å². The van der Waals surface area contributed by atoms with Crippen LogP contribution in [0.2, 0.25) is 0 Å². The van der Waals surface area contributed by atoms with Crippen molar-refractivity contribution < 1.29 is 23.2 Å². The Morgan fingerprint density at radius 3 is 2.71 bits per heavy atom. The quantitative estimate of drug-likeness (QED) is 0.596. The molecule has 3 N–H and O–H groups in total. The number of rotatable bonds is 7. The van der Waals surface area contributed by atoms with Gasteiger partial charge >= 0.3 is 6.03 Å². The molecular weight excluding hydrogens is 372 g/mol. The summed E-state index contributed by atoms with van der Waals surface area (Å²) >= 11 is 0. The van der Waals surface area contributed by atoms with Crippen molar-refractivity contribution in [3.63, 3.8) is 0 Å². The van der Waals surface area contributed by atoms with E-state index < -0.39 is 17.7 Å². The van der Waals surface area contributed by atoms with Gasteiger partial charge in [0.1, 0.15) is 0 Å². The zero-order valence-electron chi connectivity index (χ0n) is 15.3. The molecule has 0 saturated carbocycles. The fourth-order valence-corrected chi connectivity index (χ4v) is 3.37. The number of halogens is 2. The number of nitrogens with one attached hydrogen (secondary N) is 3. The first kappa shape index (κ1) is 20.0. The van der Waals surface area contributed by atoms with Gasteiger partial charge in [0.05, 0.1) is 12.5 Å². The van der Waals surface area contributed by atoms with Crippen molar-refractivity contribution in [3.05, 3.63) is 35.4 Å². The van der Waals surface area contributed by atoms with Crippen LogP contribution in [-0.2, 0) is 16.1 Å². The van der Waals surface area contributed by atoms with E-state index in [-0.39, 0.29) is 42.9 Å². The Labute approximate surface area is 161 Å². The maximum Gasteiger partial charge on any atom is 0.317 e. The lowest BCUT2D eigenvalue weighted by molar-refractivity contribution is -0.134. The van der Waals surface area contributed by atoms with Crippen molar-refractivity contribution >= 4 is 17.8 Å². The number of benzene rings is 1. The molecule has 2 aliphatic rings. The smallest absolute Gasteiger partial charge is 0.317 e. The predicted molar refractivity (Wildman–Crippen MR) is 96.2 cm³/mol. The van der Waals surface area contributed by atoms with Crippen LogP contribution in [0.4, 0.5) is 13.6 Å². The summed E-state index contributed by atoms with van der Waals surface area (Å²) in [6, 6.07) is 2.97. The Balaban J connectivity index is 1.56. The molecule has 28 heavy (non-hydrogen) atoms. The molecule has 2 aliphatic heterocycles. The lowest BCUT2D eigenvalue weighted by Crippen LogP contribution is -2.56. The average molecular weight is 395 g/mol. The van der Waals surface area contributed by atoms with E-state index in [1.54, 1.807) is 9.80 Å². The number of carbonyl (C=O) groups excluding carboxylic acids is 3. The zero-order valence-corrected chi connectivity index (χ0v) is 15.3. The first-order chi connectivity index (χ1) is 13.5. The predicted octanol–water partition coefficient (Wildman–Crippen LogP) is -0.203. The summed E-state index contributed by atoms with van der Waals surface area (Å²) in [5.41, 5.74) is 0.139. The Kier molecular flexibility index (Phi) is 6.40. The normalized spacial score (nSPS) is 20.1. The highest BCUT2D eigenvalue weighted by Crippen LogP contribution is 2.18. The maximum atomic E-state index is 14.0. The van der Waals surface area contributed by atoms with Crippen LogP contribution in [0.5, 0.6) is 0 Å². The molecule has 1 aromatic rings. The van der Waals surface area contributed by atoms with E-state index in [2.05, 4.69) is 16.0 Å². The van der Waals surface area contributed by atoms with E-state index in [1.807, 2.05) is 0 Å². The zero-order chi connectivity index (χ0) is 20.1. The SMILES string of the molecule is O=C(CC1C(=O)NCCN1Cc1cccc(F)c1F)NCCN1CCNC1=O. The van der Waals surface area contributed by atoms with Crippen molar-refractivity contribution in [1.82, 2.24) is 25.8 Å². The Morgan fingerprint density at radius 2 is 1.96 bits per heavy atom. The maximum absolute atomic E-state index is 14.0. The average Bonchev–Trinajstić information content (AvgIpc) is 3.07. The van der Waals surface area contributed by atoms with Gasteiger partial charge in [0.25, 0.3) is 0 Å². The summed E-state index contributed by atoms with van der Waals surface area (Å²) in [6.07, 6.45) is -0.102. The van der Waals surface area contributed by atoms with Crippen LogP contribution in [-0.4, -0.2) is 73.0 Å². The van der Waals surface area contributed by atoms with Gasteiger partial charge in [0.15, 0.2) is 11.6 Å². The van der Waals surface area contributed by atoms with E-state index in [0.29, 0.717) is 32.7 Å². The van der Waals surface area contributed by atoms with Gasteiger partial charge in [-0.15, -0.1) is 0 Å². The van der Waals surface area contributed by atoms with E-state index in [4.69, 9.17) is 0 Å². The minimum absolute atomic E-state index is 0.0307. The first-order valence-corrected chi connectivity index (χ1v) is 9.20. The number of nitrogens with zero attached hydrogens (tertiary/aromatic N) is 2. The molecule has 1 unspecified atom stereocenters. The largest absolute Gasteiger partial charge is 0.354 e. The van der Waals surface area contributed by atoms with Gasteiger partial charge in [0.2, 0.25) is 11.8 Å². The highest BCUT2D eigenvalue weighted by atomic mass is 19.2. The van der Waals surface area contributed by atoms with Gasteiger partial charge in [0, 0.05) is 51.4 Å². The number of hydrogen-bond acceptors (Lipinski definition) is 4. The summed E-state index contributed by atoms with van der Waals surface area (Å²) in [5.74, 6) is -2.55. The summed E-state index contributed by atoms with van der Waals surface area (Å²) in [7, 11) is 0. The van der Waals surface area contributed by atoms with Gasteiger partial charge in [-0.25, -0.2) is 13.6 Å². The molecule has 2 saturated heterocycles. The molecule has 10 heteroatoms. The molecule has 0 aliphatic carbocycles. The van der Waals surface area contributed by atoms with Gasteiger partial charge in [-0.3, -0.25) is 14.5 Å².